The van der Waals surface area contributed by atoms with Crippen LogP contribution in [0.1, 0.15) is 71.9 Å². The van der Waals surface area contributed by atoms with E-state index in [1.54, 1.807) is 18.2 Å². The van der Waals surface area contributed by atoms with E-state index in [0.717, 1.165) is 31.1 Å². The van der Waals surface area contributed by atoms with Gasteiger partial charge in [-0.05, 0) is 36.8 Å². The van der Waals surface area contributed by atoms with Gasteiger partial charge in [0.1, 0.15) is 5.69 Å². The highest BCUT2D eigenvalue weighted by Gasteiger charge is 2.17. The Hall–Kier alpha value is -4.12. The van der Waals surface area contributed by atoms with Crippen molar-refractivity contribution in [3.63, 3.8) is 0 Å². The quantitative estimate of drug-likeness (QED) is 0.314. The average molecular weight is 447 g/mol. The summed E-state index contributed by atoms with van der Waals surface area (Å²) in [5, 5.41) is 24.6. The first-order chi connectivity index (χ1) is 15.9. The van der Waals surface area contributed by atoms with E-state index in [0.29, 0.717) is 17.6 Å². The fraction of sp³-hybridized carbons (Fsp3) is 0.280. The lowest BCUT2D eigenvalue weighted by atomic mass is 10.1. The van der Waals surface area contributed by atoms with Gasteiger partial charge in [0.15, 0.2) is 0 Å². The summed E-state index contributed by atoms with van der Waals surface area (Å²) < 4.78 is 0. The van der Waals surface area contributed by atoms with Gasteiger partial charge in [-0.3, -0.25) is 9.59 Å². The summed E-state index contributed by atoms with van der Waals surface area (Å²) in [5.74, 6) is -1.87. The van der Waals surface area contributed by atoms with E-state index in [9.17, 15) is 19.5 Å². The van der Waals surface area contributed by atoms with E-state index in [2.05, 4.69) is 22.5 Å². The van der Waals surface area contributed by atoms with Gasteiger partial charge in [0, 0.05) is 11.8 Å². The number of benzene rings is 2. The highest BCUT2D eigenvalue weighted by molar-refractivity contribution is 6.10. The molecule has 0 unspecified atom stereocenters. The topological polar surface area (TPSA) is 135 Å². The van der Waals surface area contributed by atoms with Crippen LogP contribution in [0.4, 0.5) is 11.4 Å². The number of carboxylic acid groups (broad SMARTS) is 1. The van der Waals surface area contributed by atoms with Crippen LogP contribution in [0.2, 0.25) is 0 Å². The fourth-order valence-corrected chi connectivity index (χ4v) is 3.57. The van der Waals surface area contributed by atoms with Gasteiger partial charge < -0.3 is 20.7 Å². The van der Waals surface area contributed by atoms with Gasteiger partial charge in [0.2, 0.25) is 5.91 Å². The standard InChI is InChI=1S/C25H26N4O4/c1-2-3-4-5-6-10-22(30)27-20-9-7-8-17-14-21(28-23(17)20)24(31)29-19-12-11-16(15-26)13-18(19)25(32)33/h7-9,11-14,28H,2-6,10H2,1H3,(H,27,30)(H,29,31)(H,32,33). The normalized spacial score (nSPS) is 10.5. The number of H-pyrrole nitrogens is 1. The average Bonchev–Trinajstić information content (AvgIpc) is 3.25. The number of carbonyl (C=O) groups is 3. The molecule has 170 valence electrons. The van der Waals surface area contributed by atoms with E-state index in [4.69, 9.17) is 5.26 Å². The molecule has 1 aromatic heterocycles. The summed E-state index contributed by atoms with van der Waals surface area (Å²) in [6, 6.07) is 12.9. The molecule has 33 heavy (non-hydrogen) atoms. The van der Waals surface area contributed by atoms with Crippen LogP contribution in [-0.2, 0) is 4.79 Å². The molecular formula is C25H26N4O4. The van der Waals surface area contributed by atoms with Crippen LogP contribution >= 0.6 is 0 Å². The number of aromatic nitrogens is 1. The zero-order valence-electron chi connectivity index (χ0n) is 18.4. The van der Waals surface area contributed by atoms with Gasteiger partial charge in [-0.25, -0.2) is 4.79 Å². The number of nitrogens with one attached hydrogen (secondary N) is 3. The number of carboxylic acids is 1. The van der Waals surface area contributed by atoms with E-state index >= 15 is 0 Å². The van der Waals surface area contributed by atoms with Gasteiger partial charge in [-0.2, -0.15) is 5.26 Å². The Morgan fingerprint density at radius 1 is 1.00 bits per heavy atom. The zero-order valence-corrected chi connectivity index (χ0v) is 18.4. The molecule has 2 aromatic carbocycles. The number of aromatic amines is 1. The summed E-state index contributed by atoms with van der Waals surface area (Å²) in [5.41, 5.74) is 1.50. The number of hydrogen-bond donors (Lipinski definition) is 4. The minimum absolute atomic E-state index is 0.0803. The Morgan fingerprint density at radius 2 is 1.79 bits per heavy atom. The van der Waals surface area contributed by atoms with Gasteiger partial charge in [-0.15, -0.1) is 0 Å². The molecule has 4 N–H and O–H groups in total. The number of para-hydroxylation sites is 1. The van der Waals surface area contributed by atoms with Crippen LogP contribution in [0, 0.1) is 11.3 Å². The Morgan fingerprint density at radius 3 is 2.52 bits per heavy atom. The van der Waals surface area contributed by atoms with E-state index in [1.165, 1.54) is 24.6 Å². The van der Waals surface area contributed by atoms with Crippen molar-refractivity contribution in [2.75, 3.05) is 10.6 Å². The highest BCUT2D eigenvalue weighted by atomic mass is 16.4. The molecule has 0 atom stereocenters. The second-order valence-corrected chi connectivity index (χ2v) is 7.80. The molecule has 8 heteroatoms. The molecule has 0 spiro atoms. The molecule has 0 bridgehead atoms. The molecule has 3 aromatic rings. The van der Waals surface area contributed by atoms with Crippen LogP contribution in [0.15, 0.2) is 42.5 Å². The molecule has 0 aliphatic heterocycles. The van der Waals surface area contributed by atoms with E-state index < -0.39 is 11.9 Å². The molecule has 0 fully saturated rings. The Balaban J connectivity index is 1.74. The van der Waals surface area contributed by atoms with Gasteiger partial charge >= 0.3 is 5.97 Å². The molecular weight excluding hydrogens is 420 g/mol. The van der Waals surface area contributed by atoms with E-state index in [-0.39, 0.29) is 28.4 Å². The number of carbonyl (C=O) groups excluding carboxylic acids is 2. The van der Waals surface area contributed by atoms with Crippen molar-refractivity contribution in [2.45, 2.75) is 45.4 Å². The Labute approximate surface area is 191 Å². The first kappa shape index (κ1) is 23.5. The first-order valence-electron chi connectivity index (χ1n) is 10.9. The summed E-state index contributed by atoms with van der Waals surface area (Å²) >= 11 is 0. The predicted molar refractivity (Wildman–Crippen MR) is 126 cm³/mol. The Kier molecular flexibility index (Phi) is 7.82. The molecule has 0 saturated heterocycles. The monoisotopic (exact) mass is 446 g/mol. The molecule has 0 radical (unpaired) electrons. The second kappa shape index (κ2) is 11.0. The van der Waals surface area contributed by atoms with Crippen molar-refractivity contribution >= 4 is 40.1 Å². The number of unbranched alkanes of at least 4 members (excludes halogenated alkanes) is 4. The molecule has 8 nitrogen and oxygen atoms in total. The van der Waals surface area contributed by atoms with E-state index in [1.807, 2.05) is 12.1 Å². The second-order valence-electron chi connectivity index (χ2n) is 7.80. The number of hydrogen-bond acceptors (Lipinski definition) is 4. The first-order valence-corrected chi connectivity index (χ1v) is 10.9. The molecule has 2 amide bonds. The van der Waals surface area contributed by atoms with Crippen LogP contribution < -0.4 is 10.6 Å². The van der Waals surface area contributed by atoms with Crippen molar-refractivity contribution in [3.05, 3.63) is 59.3 Å². The molecule has 0 saturated carbocycles. The maximum Gasteiger partial charge on any atom is 0.337 e. The SMILES string of the molecule is CCCCCCCC(=O)Nc1cccc2cc(C(=O)Nc3ccc(C#N)cc3C(=O)O)[nH]c12. The number of anilines is 2. The third-order valence-corrected chi connectivity index (χ3v) is 5.31. The lowest BCUT2D eigenvalue weighted by Gasteiger charge is -2.08. The summed E-state index contributed by atoms with van der Waals surface area (Å²) in [6.07, 6.45) is 5.73. The summed E-state index contributed by atoms with van der Waals surface area (Å²) in [7, 11) is 0. The fourth-order valence-electron chi connectivity index (χ4n) is 3.57. The lowest BCUT2D eigenvalue weighted by molar-refractivity contribution is -0.116. The van der Waals surface area contributed by atoms with Crippen molar-refractivity contribution in [3.8, 4) is 6.07 Å². The zero-order chi connectivity index (χ0) is 23.8. The number of fused-ring (bicyclic) bond motifs is 1. The van der Waals surface area contributed by atoms with Crippen molar-refractivity contribution in [1.82, 2.24) is 4.98 Å². The predicted octanol–water partition coefficient (Wildman–Crippen LogP) is 5.29. The number of aromatic carboxylic acids is 1. The molecule has 1 heterocycles. The van der Waals surface area contributed by atoms with Gasteiger partial charge in [0.05, 0.1) is 34.1 Å². The number of amides is 2. The summed E-state index contributed by atoms with van der Waals surface area (Å²) in [4.78, 5) is 39.7. The van der Waals surface area contributed by atoms with Crippen molar-refractivity contribution < 1.29 is 19.5 Å². The van der Waals surface area contributed by atoms with Gasteiger partial charge in [0.25, 0.3) is 5.91 Å². The molecule has 0 aliphatic rings. The third kappa shape index (κ3) is 5.98. The minimum atomic E-state index is -1.25. The largest absolute Gasteiger partial charge is 0.478 e. The smallest absolute Gasteiger partial charge is 0.337 e. The minimum Gasteiger partial charge on any atom is -0.478 e. The number of nitrogens with zero attached hydrogens (tertiary/aromatic N) is 1. The van der Waals surface area contributed by atoms with Crippen molar-refractivity contribution in [1.29, 1.82) is 5.26 Å². The summed E-state index contributed by atoms with van der Waals surface area (Å²) in [6.45, 7) is 2.15. The molecule has 0 aliphatic carbocycles. The van der Waals surface area contributed by atoms with Crippen LogP contribution in [0.5, 0.6) is 0 Å². The maximum absolute atomic E-state index is 12.8. The van der Waals surface area contributed by atoms with Crippen molar-refractivity contribution in [2.24, 2.45) is 0 Å². The third-order valence-electron chi connectivity index (χ3n) is 5.31. The Bertz CT molecular complexity index is 1220. The maximum atomic E-state index is 12.8. The highest BCUT2D eigenvalue weighted by Crippen LogP contribution is 2.25. The van der Waals surface area contributed by atoms with Gasteiger partial charge in [-0.1, -0.05) is 44.7 Å². The van der Waals surface area contributed by atoms with Crippen LogP contribution in [0.25, 0.3) is 10.9 Å². The number of rotatable bonds is 10. The lowest BCUT2D eigenvalue weighted by Crippen LogP contribution is -2.15. The van der Waals surface area contributed by atoms with Crippen LogP contribution in [0.3, 0.4) is 0 Å². The molecule has 3 rings (SSSR count). The number of nitriles is 1. The van der Waals surface area contributed by atoms with Crippen LogP contribution in [-0.4, -0.2) is 27.9 Å².